The third kappa shape index (κ3) is 1.81. The zero-order valence-corrected chi connectivity index (χ0v) is 8.74. The summed E-state index contributed by atoms with van der Waals surface area (Å²) in [4.78, 5) is 0. The molecule has 0 aliphatic carbocycles. The number of aromatic nitrogens is 2. The highest BCUT2D eigenvalue weighted by atomic mass is 19.2. The van der Waals surface area contributed by atoms with Gasteiger partial charge >= 0.3 is 0 Å². The topological polar surface area (TPSA) is 43.8 Å². The maximum atomic E-state index is 13.1. The Balaban J connectivity index is 2.53. The molecule has 16 heavy (non-hydrogen) atoms. The summed E-state index contributed by atoms with van der Waals surface area (Å²) >= 11 is 0. The molecule has 0 saturated carbocycles. The number of nitrogens with zero attached hydrogens (tertiary/aromatic N) is 2. The van der Waals surface area contributed by atoms with Crippen LogP contribution in [0.25, 0.3) is 11.1 Å². The molecule has 5 heteroatoms. The minimum atomic E-state index is -0.871. The minimum Gasteiger partial charge on any atom is -0.325 e. The summed E-state index contributed by atoms with van der Waals surface area (Å²) in [6.45, 7) is 0.259. The SMILES string of the molecule is Cn1cc(-c2ccc(F)c(F)c2)c(CN)n1. The van der Waals surface area contributed by atoms with Gasteiger partial charge in [-0.2, -0.15) is 5.10 Å². The van der Waals surface area contributed by atoms with E-state index in [1.165, 1.54) is 6.07 Å². The van der Waals surface area contributed by atoms with Gasteiger partial charge in [0.1, 0.15) is 0 Å². The van der Waals surface area contributed by atoms with Crippen molar-refractivity contribution in [1.29, 1.82) is 0 Å². The Labute approximate surface area is 91.5 Å². The van der Waals surface area contributed by atoms with Crippen LogP contribution in [0, 0.1) is 11.6 Å². The van der Waals surface area contributed by atoms with Crippen molar-refractivity contribution in [3.05, 3.63) is 41.7 Å². The number of hydrogen-bond acceptors (Lipinski definition) is 2. The average molecular weight is 223 g/mol. The van der Waals surface area contributed by atoms with Gasteiger partial charge in [-0.3, -0.25) is 4.68 Å². The van der Waals surface area contributed by atoms with Crippen molar-refractivity contribution in [2.45, 2.75) is 6.54 Å². The fourth-order valence-corrected chi connectivity index (χ4v) is 1.59. The predicted molar refractivity (Wildman–Crippen MR) is 56.5 cm³/mol. The van der Waals surface area contributed by atoms with E-state index in [2.05, 4.69) is 5.10 Å². The summed E-state index contributed by atoms with van der Waals surface area (Å²) < 4.78 is 27.5. The highest BCUT2D eigenvalue weighted by Gasteiger charge is 2.10. The standard InChI is InChI=1S/C11H11F2N3/c1-16-6-8(11(5-14)15-16)7-2-3-9(12)10(13)4-7/h2-4,6H,5,14H2,1H3. The van der Waals surface area contributed by atoms with E-state index in [1.807, 2.05) is 0 Å². The lowest BCUT2D eigenvalue weighted by Gasteiger charge is -2.01. The van der Waals surface area contributed by atoms with E-state index in [1.54, 1.807) is 17.9 Å². The quantitative estimate of drug-likeness (QED) is 0.844. The molecule has 0 saturated heterocycles. The van der Waals surface area contributed by atoms with Gasteiger partial charge in [0.05, 0.1) is 5.69 Å². The van der Waals surface area contributed by atoms with E-state index >= 15 is 0 Å². The van der Waals surface area contributed by atoms with Crippen LogP contribution in [-0.2, 0) is 13.6 Å². The first-order valence-electron chi connectivity index (χ1n) is 4.80. The van der Waals surface area contributed by atoms with Gasteiger partial charge in [-0.15, -0.1) is 0 Å². The molecule has 0 aliphatic rings. The van der Waals surface area contributed by atoms with E-state index < -0.39 is 11.6 Å². The second-order valence-corrected chi connectivity index (χ2v) is 3.50. The van der Waals surface area contributed by atoms with Crippen LogP contribution in [0.4, 0.5) is 8.78 Å². The minimum absolute atomic E-state index is 0.259. The largest absolute Gasteiger partial charge is 0.325 e. The Hall–Kier alpha value is -1.75. The first-order valence-corrected chi connectivity index (χ1v) is 4.80. The molecule has 2 N–H and O–H groups in total. The van der Waals surface area contributed by atoms with Crippen LogP contribution in [0.2, 0.25) is 0 Å². The molecular weight excluding hydrogens is 212 g/mol. The van der Waals surface area contributed by atoms with Crippen LogP contribution >= 0.6 is 0 Å². The molecule has 0 radical (unpaired) electrons. The number of nitrogens with two attached hydrogens (primary N) is 1. The Morgan fingerprint density at radius 2 is 2.06 bits per heavy atom. The number of benzene rings is 1. The van der Waals surface area contributed by atoms with Gasteiger partial charge in [-0.25, -0.2) is 8.78 Å². The third-order valence-corrected chi connectivity index (χ3v) is 2.33. The Bertz CT molecular complexity index is 520. The Morgan fingerprint density at radius 1 is 1.31 bits per heavy atom. The second kappa shape index (κ2) is 4.02. The maximum absolute atomic E-state index is 13.1. The van der Waals surface area contributed by atoms with Crippen molar-refractivity contribution < 1.29 is 8.78 Å². The molecular formula is C11H11F2N3. The number of hydrogen-bond donors (Lipinski definition) is 1. The number of aryl methyl sites for hydroxylation is 1. The molecule has 0 atom stereocenters. The lowest BCUT2D eigenvalue weighted by Crippen LogP contribution is -2.00. The average Bonchev–Trinajstić information content (AvgIpc) is 2.63. The van der Waals surface area contributed by atoms with Crippen molar-refractivity contribution in [2.24, 2.45) is 12.8 Å². The van der Waals surface area contributed by atoms with Gasteiger partial charge in [-0.1, -0.05) is 6.07 Å². The van der Waals surface area contributed by atoms with Crippen LogP contribution in [0.5, 0.6) is 0 Å². The normalized spacial score (nSPS) is 10.8. The molecule has 1 aromatic carbocycles. The molecule has 0 bridgehead atoms. The lowest BCUT2D eigenvalue weighted by molar-refractivity contribution is 0.509. The van der Waals surface area contributed by atoms with Crippen LogP contribution in [0.3, 0.4) is 0 Å². The highest BCUT2D eigenvalue weighted by Crippen LogP contribution is 2.24. The molecule has 0 spiro atoms. The van der Waals surface area contributed by atoms with Gasteiger partial charge < -0.3 is 5.73 Å². The fourth-order valence-electron chi connectivity index (χ4n) is 1.59. The van der Waals surface area contributed by atoms with Gasteiger partial charge in [0.2, 0.25) is 0 Å². The number of rotatable bonds is 2. The highest BCUT2D eigenvalue weighted by molar-refractivity contribution is 5.65. The Morgan fingerprint density at radius 3 is 2.69 bits per heavy atom. The van der Waals surface area contributed by atoms with Crippen molar-refractivity contribution in [1.82, 2.24) is 9.78 Å². The van der Waals surface area contributed by atoms with Gasteiger partial charge in [0, 0.05) is 25.4 Å². The van der Waals surface area contributed by atoms with Gasteiger partial charge in [0.15, 0.2) is 11.6 Å². The van der Waals surface area contributed by atoms with Crippen LogP contribution in [-0.4, -0.2) is 9.78 Å². The van der Waals surface area contributed by atoms with E-state index in [9.17, 15) is 8.78 Å². The van der Waals surface area contributed by atoms with E-state index in [0.717, 1.165) is 17.7 Å². The number of halogens is 2. The summed E-state index contributed by atoms with van der Waals surface area (Å²) in [5.74, 6) is -1.73. The molecule has 2 aromatic rings. The Kier molecular flexibility index (Phi) is 2.70. The predicted octanol–water partition coefficient (Wildman–Crippen LogP) is 1.82. The zero-order chi connectivity index (χ0) is 11.7. The van der Waals surface area contributed by atoms with Crippen LogP contribution < -0.4 is 5.73 Å². The smallest absolute Gasteiger partial charge is 0.159 e. The first-order chi connectivity index (χ1) is 7.61. The lowest BCUT2D eigenvalue weighted by atomic mass is 10.1. The van der Waals surface area contributed by atoms with Crippen LogP contribution in [0.1, 0.15) is 5.69 Å². The summed E-state index contributed by atoms with van der Waals surface area (Å²) in [5, 5.41) is 4.13. The van der Waals surface area contributed by atoms with Crippen molar-refractivity contribution in [2.75, 3.05) is 0 Å². The van der Waals surface area contributed by atoms with Crippen molar-refractivity contribution in [3.63, 3.8) is 0 Å². The van der Waals surface area contributed by atoms with Crippen molar-refractivity contribution in [3.8, 4) is 11.1 Å². The molecule has 2 rings (SSSR count). The zero-order valence-electron chi connectivity index (χ0n) is 8.74. The summed E-state index contributed by atoms with van der Waals surface area (Å²) in [7, 11) is 1.75. The monoisotopic (exact) mass is 223 g/mol. The van der Waals surface area contributed by atoms with E-state index in [4.69, 9.17) is 5.73 Å². The van der Waals surface area contributed by atoms with Gasteiger partial charge in [0.25, 0.3) is 0 Å². The molecule has 0 unspecified atom stereocenters. The molecule has 1 heterocycles. The van der Waals surface area contributed by atoms with Gasteiger partial charge in [-0.05, 0) is 17.7 Å². The van der Waals surface area contributed by atoms with E-state index in [0.29, 0.717) is 11.3 Å². The summed E-state index contributed by atoms with van der Waals surface area (Å²) in [5.41, 5.74) is 7.49. The maximum Gasteiger partial charge on any atom is 0.159 e. The molecule has 84 valence electrons. The summed E-state index contributed by atoms with van der Waals surface area (Å²) in [6, 6.07) is 3.75. The summed E-state index contributed by atoms with van der Waals surface area (Å²) in [6.07, 6.45) is 1.73. The van der Waals surface area contributed by atoms with Crippen molar-refractivity contribution >= 4 is 0 Å². The third-order valence-electron chi connectivity index (χ3n) is 2.33. The van der Waals surface area contributed by atoms with E-state index in [-0.39, 0.29) is 6.54 Å². The molecule has 1 aromatic heterocycles. The first kappa shape index (κ1) is 10.8. The second-order valence-electron chi connectivity index (χ2n) is 3.50. The molecule has 0 aliphatic heterocycles. The van der Waals surface area contributed by atoms with Crippen LogP contribution in [0.15, 0.2) is 24.4 Å². The fraction of sp³-hybridized carbons (Fsp3) is 0.182. The molecule has 3 nitrogen and oxygen atoms in total. The molecule has 0 fully saturated rings. The molecule has 0 amide bonds.